The molecule has 2 aromatic carbocycles. The van der Waals surface area contributed by atoms with E-state index in [4.69, 9.17) is 0 Å². The van der Waals surface area contributed by atoms with Gasteiger partial charge in [-0.2, -0.15) is 0 Å². The third-order valence-electron chi connectivity index (χ3n) is 4.06. The van der Waals surface area contributed by atoms with Crippen LogP contribution < -0.4 is 10.0 Å². The second-order valence-corrected chi connectivity index (χ2v) is 8.93. The lowest BCUT2D eigenvalue weighted by atomic mass is 9.87. The van der Waals surface area contributed by atoms with Gasteiger partial charge < -0.3 is 5.32 Å². The van der Waals surface area contributed by atoms with E-state index in [1.807, 2.05) is 39.8 Å². The summed E-state index contributed by atoms with van der Waals surface area (Å²) in [6, 6.07) is 11.9. The summed E-state index contributed by atoms with van der Waals surface area (Å²) in [5, 5.41) is 2.70. The molecule has 0 aliphatic carbocycles. The van der Waals surface area contributed by atoms with Gasteiger partial charge in [-0.15, -0.1) is 0 Å². The lowest BCUT2D eigenvalue weighted by molar-refractivity contribution is 0.0956. The number of hydrogen-bond acceptors (Lipinski definition) is 3. The topological polar surface area (TPSA) is 75.3 Å². The lowest BCUT2D eigenvalue weighted by Crippen LogP contribution is -2.23. The van der Waals surface area contributed by atoms with Gasteiger partial charge in [0.1, 0.15) is 0 Å². The van der Waals surface area contributed by atoms with Crippen molar-refractivity contribution in [3.05, 3.63) is 59.2 Å². The molecule has 2 rings (SSSR count). The fourth-order valence-electron chi connectivity index (χ4n) is 2.55. The van der Waals surface area contributed by atoms with Crippen LogP contribution in [0.1, 0.15) is 49.2 Å². The quantitative estimate of drug-likeness (QED) is 0.835. The third kappa shape index (κ3) is 4.64. The number of carbonyl (C=O) groups is 1. The third-order valence-corrected chi connectivity index (χ3v) is 5.58. The predicted octanol–water partition coefficient (Wildman–Crippen LogP) is 3.84. The monoisotopic (exact) mass is 374 g/mol. The SMILES string of the molecule is CCNC(=O)c1cccc(NS(=O)(=O)c2cc(C(C)(C)C)ccc2C)c1. The maximum atomic E-state index is 12.9. The Morgan fingerprint density at radius 1 is 1.08 bits per heavy atom. The highest BCUT2D eigenvalue weighted by atomic mass is 32.2. The summed E-state index contributed by atoms with van der Waals surface area (Å²) in [6.07, 6.45) is 0. The van der Waals surface area contributed by atoms with Crippen molar-refractivity contribution in [3.63, 3.8) is 0 Å². The molecule has 0 saturated heterocycles. The highest BCUT2D eigenvalue weighted by Gasteiger charge is 2.21. The van der Waals surface area contributed by atoms with Gasteiger partial charge in [0.2, 0.25) is 0 Å². The smallest absolute Gasteiger partial charge is 0.262 e. The zero-order chi connectivity index (χ0) is 19.5. The molecule has 0 bridgehead atoms. The molecule has 1 amide bonds. The summed E-state index contributed by atoms with van der Waals surface area (Å²) in [6.45, 7) is 10.2. The summed E-state index contributed by atoms with van der Waals surface area (Å²) in [4.78, 5) is 12.2. The Labute approximate surface area is 155 Å². The van der Waals surface area contributed by atoms with Gasteiger partial charge in [-0.3, -0.25) is 9.52 Å². The maximum Gasteiger partial charge on any atom is 0.262 e. The summed E-state index contributed by atoms with van der Waals surface area (Å²) in [7, 11) is -3.76. The Morgan fingerprint density at radius 3 is 2.38 bits per heavy atom. The van der Waals surface area contributed by atoms with Crippen LogP contribution in [-0.2, 0) is 15.4 Å². The standard InChI is InChI=1S/C20H26N2O3S/c1-6-21-19(23)15-8-7-9-17(12-15)22-26(24,25)18-13-16(20(3,4)5)11-10-14(18)2/h7-13,22H,6H2,1-5H3,(H,21,23). The van der Waals surface area contributed by atoms with Crippen LogP contribution >= 0.6 is 0 Å². The molecule has 0 saturated carbocycles. The predicted molar refractivity (Wildman–Crippen MR) is 105 cm³/mol. The molecular weight excluding hydrogens is 348 g/mol. The summed E-state index contributed by atoms with van der Waals surface area (Å²) >= 11 is 0. The van der Waals surface area contributed by atoms with Crippen LogP contribution in [0.15, 0.2) is 47.4 Å². The number of nitrogens with one attached hydrogen (secondary N) is 2. The molecule has 6 heteroatoms. The Kier molecular flexibility index (Phi) is 5.76. The molecule has 2 aromatic rings. The number of amides is 1. The molecule has 5 nitrogen and oxygen atoms in total. The Bertz CT molecular complexity index is 913. The first-order valence-corrected chi connectivity index (χ1v) is 10.0. The molecular formula is C20H26N2O3S. The van der Waals surface area contributed by atoms with Crippen LogP contribution in [0.3, 0.4) is 0 Å². The molecule has 0 unspecified atom stereocenters. The zero-order valence-electron chi connectivity index (χ0n) is 15.9. The number of benzene rings is 2. The van der Waals surface area contributed by atoms with E-state index in [0.717, 1.165) is 5.56 Å². The number of sulfonamides is 1. The first-order chi connectivity index (χ1) is 12.0. The number of carbonyl (C=O) groups excluding carboxylic acids is 1. The first kappa shape index (κ1) is 20.0. The first-order valence-electron chi connectivity index (χ1n) is 8.57. The molecule has 0 aliphatic rings. The van der Waals surface area contributed by atoms with Gasteiger partial charge in [0, 0.05) is 17.8 Å². The number of hydrogen-bond donors (Lipinski definition) is 2. The summed E-state index contributed by atoms with van der Waals surface area (Å²) in [5.74, 6) is -0.237. The average Bonchev–Trinajstić information content (AvgIpc) is 2.54. The molecule has 2 N–H and O–H groups in total. The number of rotatable bonds is 5. The molecule has 0 fully saturated rings. The van der Waals surface area contributed by atoms with Gasteiger partial charge in [0.15, 0.2) is 0 Å². The van der Waals surface area contributed by atoms with Gasteiger partial charge in [-0.25, -0.2) is 8.42 Å². The van der Waals surface area contributed by atoms with Crippen LogP contribution in [0.5, 0.6) is 0 Å². The Morgan fingerprint density at radius 2 is 1.77 bits per heavy atom. The van der Waals surface area contributed by atoms with E-state index >= 15 is 0 Å². The van der Waals surface area contributed by atoms with Gasteiger partial charge in [0.25, 0.3) is 15.9 Å². The van der Waals surface area contributed by atoms with Crippen LogP contribution in [0.2, 0.25) is 0 Å². The van der Waals surface area contributed by atoms with Crippen molar-refractivity contribution in [2.24, 2.45) is 0 Å². The van der Waals surface area contributed by atoms with Crippen molar-refractivity contribution in [1.82, 2.24) is 5.32 Å². The van der Waals surface area contributed by atoms with Gasteiger partial charge in [-0.1, -0.05) is 39.0 Å². The minimum absolute atomic E-state index is 0.157. The van der Waals surface area contributed by atoms with Gasteiger partial charge in [-0.05, 0) is 54.7 Å². The zero-order valence-corrected chi connectivity index (χ0v) is 16.7. The maximum absolute atomic E-state index is 12.9. The second kappa shape index (κ2) is 7.50. The van der Waals surface area contributed by atoms with Gasteiger partial charge in [0.05, 0.1) is 4.90 Å². The van der Waals surface area contributed by atoms with Crippen molar-refractivity contribution in [3.8, 4) is 0 Å². The second-order valence-electron chi connectivity index (χ2n) is 7.28. The van der Waals surface area contributed by atoms with E-state index in [1.165, 1.54) is 6.07 Å². The molecule has 0 heterocycles. The fraction of sp³-hybridized carbons (Fsp3) is 0.350. The van der Waals surface area contributed by atoms with E-state index < -0.39 is 10.0 Å². The number of aryl methyl sites for hydroxylation is 1. The minimum Gasteiger partial charge on any atom is -0.352 e. The highest BCUT2D eigenvalue weighted by molar-refractivity contribution is 7.92. The molecule has 0 aromatic heterocycles. The van der Waals surface area contributed by atoms with E-state index in [-0.39, 0.29) is 16.2 Å². The van der Waals surface area contributed by atoms with Crippen LogP contribution in [0.4, 0.5) is 5.69 Å². The summed E-state index contributed by atoms with van der Waals surface area (Å²) in [5.41, 5.74) is 2.22. The van der Waals surface area contributed by atoms with Crippen molar-refractivity contribution < 1.29 is 13.2 Å². The summed E-state index contributed by atoms with van der Waals surface area (Å²) < 4.78 is 28.4. The van der Waals surface area contributed by atoms with E-state index in [9.17, 15) is 13.2 Å². The molecule has 140 valence electrons. The van der Waals surface area contributed by atoms with Crippen LogP contribution in [0.25, 0.3) is 0 Å². The average molecular weight is 375 g/mol. The van der Waals surface area contributed by atoms with Crippen molar-refractivity contribution in [2.75, 3.05) is 11.3 Å². The highest BCUT2D eigenvalue weighted by Crippen LogP contribution is 2.27. The molecule has 26 heavy (non-hydrogen) atoms. The largest absolute Gasteiger partial charge is 0.352 e. The molecule has 0 radical (unpaired) electrons. The number of anilines is 1. The fourth-order valence-corrected chi connectivity index (χ4v) is 3.87. The molecule has 0 aliphatic heterocycles. The van der Waals surface area contributed by atoms with Crippen LogP contribution in [0, 0.1) is 6.92 Å². The van der Waals surface area contributed by atoms with Crippen molar-refractivity contribution >= 4 is 21.6 Å². The molecule has 0 spiro atoms. The van der Waals surface area contributed by atoms with Crippen molar-refractivity contribution in [1.29, 1.82) is 0 Å². The Hall–Kier alpha value is -2.34. The minimum atomic E-state index is -3.76. The van der Waals surface area contributed by atoms with E-state index in [2.05, 4.69) is 10.0 Å². The van der Waals surface area contributed by atoms with Gasteiger partial charge >= 0.3 is 0 Å². The van der Waals surface area contributed by atoms with Crippen molar-refractivity contribution in [2.45, 2.75) is 44.9 Å². The van der Waals surface area contributed by atoms with Crippen LogP contribution in [-0.4, -0.2) is 20.9 Å². The Balaban J connectivity index is 2.38. The normalized spacial score (nSPS) is 11.9. The lowest BCUT2D eigenvalue weighted by Gasteiger charge is -2.21. The van der Waals surface area contributed by atoms with E-state index in [1.54, 1.807) is 31.2 Å². The molecule has 0 atom stereocenters. The van der Waals surface area contributed by atoms with E-state index in [0.29, 0.717) is 23.4 Å².